The normalized spacial score (nSPS) is 13.1. The van der Waals surface area contributed by atoms with Crippen LogP contribution in [-0.4, -0.2) is 40.5 Å². The van der Waals surface area contributed by atoms with E-state index in [2.05, 4.69) is 41.0 Å². The zero-order valence-electron chi connectivity index (χ0n) is 11.5. The van der Waals surface area contributed by atoms with E-state index in [1.165, 1.54) is 0 Å². The van der Waals surface area contributed by atoms with Gasteiger partial charge in [-0.3, -0.25) is 0 Å². The minimum atomic E-state index is 0.299. The van der Waals surface area contributed by atoms with Crippen molar-refractivity contribution in [3.05, 3.63) is 16.7 Å². The molecule has 0 aliphatic heterocycles. The number of nitrogens with zero attached hydrogens (tertiary/aromatic N) is 3. The fourth-order valence-electron chi connectivity index (χ4n) is 2.09. The number of anilines is 1. The Kier molecular flexibility index (Phi) is 4.96. The van der Waals surface area contributed by atoms with Crippen molar-refractivity contribution < 1.29 is 0 Å². The van der Waals surface area contributed by atoms with Crippen molar-refractivity contribution in [1.29, 1.82) is 0 Å². The van der Waals surface area contributed by atoms with Crippen molar-refractivity contribution in [2.45, 2.75) is 26.8 Å². The first-order chi connectivity index (χ1) is 9.13. The van der Waals surface area contributed by atoms with Gasteiger partial charge in [-0.1, -0.05) is 13.8 Å². The summed E-state index contributed by atoms with van der Waals surface area (Å²) in [6.07, 6.45) is 0. The second-order valence-corrected chi connectivity index (χ2v) is 5.74. The molecule has 0 aromatic carbocycles. The summed E-state index contributed by atoms with van der Waals surface area (Å²) in [6.45, 7) is 9.61. The third-order valence-corrected chi connectivity index (χ3v) is 4.08. The maximum absolute atomic E-state index is 5.96. The first-order valence-electron chi connectivity index (χ1n) is 6.53. The summed E-state index contributed by atoms with van der Waals surface area (Å²) in [5.41, 5.74) is 0. The molecule has 1 N–H and O–H groups in total. The predicted octanol–water partition coefficient (Wildman–Crippen LogP) is 3.49. The van der Waals surface area contributed by atoms with E-state index in [-0.39, 0.29) is 0 Å². The molecule has 0 amide bonds. The Balaban J connectivity index is 2.14. The quantitative estimate of drug-likeness (QED) is 0.829. The second kappa shape index (κ2) is 6.50. The number of rotatable bonds is 6. The summed E-state index contributed by atoms with van der Waals surface area (Å²) < 4.78 is 0. The molecule has 0 aliphatic carbocycles. The van der Waals surface area contributed by atoms with Gasteiger partial charge in [0.15, 0.2) is 0 Å². The Bertz CT molecular complexity index is 538. The van der Waals surface area contributed by atoms with Gasteiger partial charge in [-0.15, -0.1) is 11.3 Å². The molecule has 4 nitrogen and oxygen atoms in total. The van der Waals surface area contributed by atoms with E-state index in [1.54, 1.807) is 11.3 Å². The highest BCUT2D eigenvalue weighted by molar-refractivity contribution is 7.16. The van der Waals surface area contributed by atoms with Crippen molar-refractivity contribution in [3.8, 4) is 0 Å². The highest BCUT2D eigenvalue weighted by Crippen LogP contribution is 2.26. The van der Waals surface area contributed by atoms with Gasteiger partial charge in [-0.25, -0.2) is 9.97 Å². The van der Waals surface area contributed by atoms with Gasteiger partial charge in [-0.05, 0) is 43.1 Å². The number of fused-ring (bicyclic) bond motifs is 1. The molecule has 0 radical (unpaired) electrons. The van der Waals surface area contributed by atoms with Gasteiger partial charge in [0.1, 0.15) is 10.6 Å². The first-order valence-corrected chi connectivity index (χ1v) is 7.79. The largest absolute Gasteiger partial charge is 0.366 e. The van der Waals surface area contributed by atoms with E-state index in [0.29, 0.717) is 11.3 Å². The molecule has 0 aliphatic rings. The van der Waals surface area contributed by atoms with Crippen LogP contribution in [0.25, 0.3) is 10.2 Å². The lowest BCUT2D eigenvalue weighted by Gasteiger charge is -2.23. The fraction of sp³-hybridized carbons (Fsp3) is 0.538. The van der Waals surface area contributed by atoms with Gasteiger partial charge in [0.05, 0.1) is 5.39 Å². The second-order valence-electron chi connectivity index (χ2n) is 4.51. The van der Waals surface area contributed by atoms with Crippen LogP contribution >= 0.6 is 22.9 Å². The van der Waals surface area contributed by atoms with Gasteiger partial charge in [0.25, 0.3) is 0 Å². The van der Waals surface area contributed by atoms with Crippen molar-refractivity contribution in [2.24, 2.45) is 0 Å². The highest BCUT2D eigenvalue weighted by Gasteiger charge is 2.12. The smallest absolute Gasteiger partial charge is 0.225 e. The van der Waals surface area contributed by atoms with E-state index in [4.69, 9.17) is 11.6 Å². The van der Waals surface area contributed by atoms with Crippen LogP contribution in [0.1, 0.15) is 20.8 Å². The Morgan fingerprint density at radius 1 is 1.37 bits per heavy atom. The van der Waals surface area contributed by atoms with Crippen molar-refractivity contribution >= 4 is 39.0 Å². The van der Waals surface area contributed by atoms with Crippen LogP contribution in [0.2, 0.25) is 5.28 Å². The molecule has 2 aromatic heterocycles. The Morgan fingerprint density at radius 2 is 2.11 bits per heavy atom. The van der Waals surface area contributed by atoms with Gasteiger partial charge >= 0.3 is 0 Å². The van der Waals surface area contributed by atoms with Gasteiger partial charge < -0.3 is 10.2 Å². The molecule has 2 rings (SSSR count). The molecular formula is C13H19ClN4S. The predicted molar refractivity (Wildman–Crippen MR) is 83.3 cm³/mol. The maximum Gasteiger partial charge on any atom is 0.225 e. The molecule has 6 heteroatoms. The Hall–Kier alpha value is -0.910. The SMILES string of the molecule is CCN(CC)CC(C)Nc1nc(Cl)nc2sccc12. The lowest BCUT2D eigenvalue weighted by molar-refractivity contribution is 0.294. The number of hydrogen-bond donors (Lipinski definition) is 1. The molecule has 0 saturated heterocycles. The molecular weight excluding hydrogens is 280 g/mol. The number of halogens is 1. The summed E-state index contributed by atoms with van der Waals surface area (Å²) in [6, 6.07) is 2.34. The number of thiophene rings is 1. The third kappa shape index (κ3) is 3.55. The molecule has 2 heterocycles. The molecule has 1 unspecified atom stereocenters. The molecule has 0 spiro atoms. The molecule has 1 atom stereocenters. The molecule has 104 valence electrons. The number of likely N-dealkylation sites (N-methyl/N-ethyl adjacent to an activating group) is 1. The van der Waals surface area contributed by atoms with Crippen LogP contribution < -0.4 is 5.32 Å². The summed E-state index contributed by atoms with van der Waals surface area (Å²) in [4.78, 5) is 11.8. The minimum absolute atomic E-state index is 0.299. The maximum atomic E-state index is 5.96. The minimum Gasteiger partial charge on any atom is -0.366 e. The summed E-state index contributed by atoms with van der Waals surface area (Å²) in [7, 11) is 0. The van der Waals surface area contributed by atoms with E-state index in [1.807, 2.05) is 11.4 Å². The average Bonchev–Trinajstić information content (AvgIpc) is 2.84. The molecule has 2 aromatic rings. The van der Waals surface area contributed by atoms with E-state index in [9.17, 15) is 0 Å². The van der Waals surface area contributed by atoms with E-state index >= 15 is 0 Å². The van der Waals surface area contributed by atoms with Crippen LogP contribution in [0.3, 0.4) is 0 Å². The Labute approximate surface area is 122 Å². The van der Waals surface area contributed by atoms with Crippen molar-refractivity contribution in [2.75, 3.05) is 25.0 Å². The topological polar surface area (TPSA) is 41.0 Å². The van der Waals surface area contributed by atoms with E-state index < -0.39 is 0 Å². The van der Waals surface area contributed by atoms with Crippen molar-refractivity contribution in [1.82, 2.24) is 14.9 Å². The zero-order chi connectivity index (χ0) is 13.8. The average molecular weight is 299 g/mol. The third-order valence-electron chi connectivity index (χ3n) is 3.11. The van der Waals surface area contributed by atoms with Gasteiger partial charge in [0.2, 0.25) is 5.28 Å². The lowest BCUT2D eigenvalue weighted by Crippen LogP contribution is -2.35. The van der Waals surface area contributed by atoms with Crippen LogP contribution in [0.5, 0.6) is 0 Å². The summed E-state index contributed by atoms with van der Waals surface area (Å²) in [5, 5.41) is 6.79. The Morgan fingerprint density at radius 3 is 2.79 bits per heavy atom. The first kappa shape index (κ1) is 14.5. The van der Waals surface area contributed by atoms with Crippen LogP contribution in [0.15, 0.2) is 11.4 Å². The monoisotopic (exact) mass is 298 g/mol. The van der Waals surface area contributed by atoms with E-state index in [0.717, 1.165) is 35.7 Å². The number of nitrogens with one attached hydrogen (secondary N) is 1. The summed E-state index contributed by atoms with van der Waals surface area (Å²) >= 11 is 7.54. The summed E-state index contributed by atoms with van der Waals surface area (Å²) in [5.74, 6) is 0.830. The van der Waals surface area contributed by atoms with Gasteiger partial charge in [0, 0.05) is 12.6 Å². The van der Waals surface area contributed by atoms with Crippen LogP contribution in [-0.2, 0) is 0 Å². The highest BCUT2D eigenvalue weighted by atomic mass is 35.5. The molecule has 0 bridgehead atoms. The van der Waals surface area contributed by atoms with Crippen molar-refractivity contribution in [3.63, 3.8) is 0 Å². The van der Waals surface area contributed by atoms with Gasteiger partial charge in [-0.2, -0.15) is 0 Å². The molecule has 19 heavy (non-hydrogen) atoms. The number of hydrogen-bond acceptors (Lipinski definition) is 5. The zero-order valence-corrected chi connectivity index (χ0v) is 13.1. The molecule has 0 saturated carbocycles. The number of aromatic nitrogens is 2. The molecule has 0 fully saturated rings. The standard InChI is InChI=1S/C13H19ClN4S/c1-4-18(5-2)8-9(3)15-11-10-6-7-19-12(10)17-13(14)16-11/h6-7,9H,4-5,8H2,1-3H3,(H,15,16,17). The van der Waals surface area contributed by atoms with Crippen LogP contribution in [0, 0.1) is 0 Å². The lowest BCUT2D eigenvalue weighted by atomic mass is 10.3. The van der Waals surface area contributed by atoms with Crippen LogP contribution in [0.4, 0.5) is 5.82 Å². The fourth-order valence-corrected chi connectivity index (χ4v) is 3.07.